The van der Waals surface area contributed by atoms with Crippen molar-refractivity contribution in [1.82, 2.24) is 5.32 Å². The van der Waals surface area contributed by atoms with Gasteiger partial charge in [0.25, 0.3) is 5.91 Å². The van der Waals surface area contributed by atoms with Crippen LogP contribution in [0.25, 0.3) is 0 Å². The van der Waals surface area contributed by atoms with Gasteiger partial charge < -0.3 is 5.32 Å². The number of benzene rings is 1. The second-order valence-electron chi connectivity index (χ2n) is 5.05. The van der Waals surface area contributed by atoms with E-state index >= 15 is 0 Å². The van der Waals surface area contributed by atoms with Crippen LogP contribution in [0.2, 0.25) is 0 Å². The van der Waals surface area contributed by atoms with Crippen molar-refractivity contribution in [3.8, 4) is 0 Å². The number of hydrogen-bond acceptors (Lipinski definition) is 2. The summed E-state index contributed by atoms with van der Waals surface area (Å²) in [5, 5.41) is 3.05. The fraction of sp³-hybridized carbons (Fsp3) is 0.312. The molecule has 2 aromatic rings. The molecular weight excluding hydrogens is 334 g/mol. The highest BCUT2D eigenvalue weighted by molar-refractivity contribution is 9.10. The quantitative estimate of drug-likeness (QED) is 0.863. The number of carbonyl (C=O) groups excluding carboxylic acids is 1. The largest absolute Gasteiger partial charge is 0.349 e. The zero-order valence-corrected chi connectivity index (χ0v) is 14.3. The van der Waals surface area contributed by atoms with Crippen LogP contribution in [-0.4, -0.2) is 11.9 Å². The SMILES string of the molecule is Cc1ccc(CC(C)NC(=O)c2ccc(C)c(Br)c2)s1. The molecule has 2 nitrogen and oxygen atoms in total. The Kier molecular flexibility index (Phi) is 5.00. The molecule has 1 heterocycles. The molecule has 1 unspecified atom stereocenters. The number of halogens is 1. The Bertz CT molecular complexity index is 621. The minimum absolute atomic E-state index is 0.0218. The van der Waals surface area contributed by atoms with Gasteiger partial charge in [0.15, 0.2) is 0 Å². The van der Waals surface area contributed by atoms with Gasteiger partial charge in [-0.3, -0.25) is 4.79 Å². The molecule has 0 saturated heterocycles. The summed E-state index contributed by atoms with van der Waals surface area (Å²) in [4.78, 5) is 14.8. The second kappa shape index (κ2) is 6.55. The van der Waals surface area contributed by atoms with Crippen molar-refractivity contribution >= 4 is 33.2 Å². The van der Waals surface area contributed by atoms with Gasteiger partial charge in [0.05, 0.1) is 0 Å². The number of amides is 1. The average molecular weight is 352 g/mol. The van der Waals surface area contributed by atoms with Gasteiger partial charge in [-0.2, -0.15) is 0 Å². The van der Waals surface area contributed by atoms with Gasteiger partial charge in [-0.05, 0) is 50.6 Å². The lowest BCUT2D eigenvalue weighted by atomic mass is 10.1. The van der Waals surface area contributed by atoms with Crippen LogP contribution in [0, 0.1) is 13.8 Å². The molecule has 0 bridgehead atoms. The Morgan fingerprint density at radius 2 is 2.05 bits per heavy atom. The molecular formula is C16H18BrNOS. The maximum absolute atomic E-state index is 12.2. The normalized spacial score (nSPS) is 12.2. The van der Waals surface area contributed by atoms with E-state index in [1.807, 2.05) is 32.0 Å². The molecule has 0 fully saturated rings. The number of rotatable bonds is 4. The third-order valence-electron chi connectivity index (χ3n) is 3.11. The van der Waals surface area contributed by atoms with Gasteiger partial charge in [-0.25, -0.2) is 0 Å². The third-order valence-corrected chi connectivity index (χ3v) is 4.99. The van der Waals surface area contributed by atoms with Crippen molar-refractivity contribution < 1.29 is 4.79 Å². The fourth-order valence-electron chi connectivity index (χ4n) is 1.99. The molecule has 0 aliphatic rings. The molecule has 106 valence electrons. The predicted octanol–water partition coefficient (Wildman–Crippen LogP) is 4.49. The lowest BCUT2D eigenvalue weighted by Gasteiger charge is -2.13. The van der Waals surface area contributed by atoms with E-state index in [9.17, 15) is 4.79 Å². The van der Waals surface area contributed by atoms with Gasteiger partial charge in [0.1, 0.15) is 0 Å². The molecule has 1 amide bonds. The number of carbonyl (C=O) groups is 1. The van der Waals surface area contributed by atoms with Crippen LogP contribution >= 0.6 is 27.3 Å². The number of nitrogens with one attached hydrogen (secondary N) is 1. The fourth-order valence-corrected chi connectivity index (χ4v) is 3.39. The standard InChI is InChI=1S/C16H18BrNOS/c1-10-4-6-13(9-15(10)17)16(19)18-11(2)8-14-7-5-12(3)20-14/h4-7,9,11H,8H2,1-3H3,(H,18,19). The van der Waals surface area contributed by atoms with E-state index in [-0.39, 0.29) is 11.9 Å². The molecule has 0 radical (unpaired) electrons. The Morgan fingerprint density at radius 1 is 1.30 bits per heavy atom. The Morgan fingerprint density at radius 3 is 2.65 bits per heavy atom. The van der Waals surface area contributed by atoms with Crippen LogP contribution in [0.1, 0.15) is 32.6 Å². The van der Waals surface area contributed by atoms with Crippen LogP contribution in [-0.2, 0) is 6.42 Å². The molecule has 0 aliphatic heterocycles. The van der Waals surface area contributed by atoms with E-state index in [0.29, 0.717) is 5.56 Å². The van der Waals surface area contributed by atoms with Crippen molar-refractivity contribution in [2.75, 3.05) is 0 Å². The van der Waals surface area contributed by atoms with Crippen molar-refractivity contribution in [3.05, 3.63) is 55.7 Å². The third kappa shape index (κ3) is 3.93. The summed E-state index contributed by atoms with van der Waals surface area (Å²) in [5.74, 6) is -0.0218. The number of aryl methyl sites for hydroxylation is 2. The molecule has 0 aliphatic carbocycles. The molecule has 4 heteroatoms. The van der Waals surface area contributed by atoms with E-state index < -0.39 is 0 Å². The zero-order valence-electron chi connectivity index (χ0n) is 11.9. The first-order chi connectivity index (χ1) is 9.45. The molecule has 1 aromatic heterocycles. The minimum atomic E-state index is -0.0218. The van der Waals surface area contributed by atoms with Gasteiger partial charge in [0.2, 0.25) is 0 Å². The first kappa shape index (κ1) is 15.3. The van der Waals surface area contributed by atoms with E-state index in [0.717, 1.165) is 16.5 Å². The summed E-state index contributed by atoms with van der Waals surface area (Å²) in [5.41, 5.74) is 1.82. The van der Waals surface area contributed by atoms with Crippen LogP contribution < -0.4 is 5.32 Å². The second-order valence-corrected chi connectivity index (χ2v) is 7.28. The average Bonchev–Trinajstić information content (AvgIpc) is 2.77. The first-order valence-corrected chi connectivity index (χ1v) is 8.19. The highest BCUT2D eigenvalue weighted by Gasteiger charge is 2.12. The van der Waals surface area contributed by atoms with Crippen molar-refractivity contribution in [1.29, 1.82) is 0 Å². The lowest BCUT2D eigenvalue weighted by Crippen LogP contribution is -2.33. The highest BCUT2D eigenvalue weighted by Crippen LogP contribution is 2.19. The van der Waals surface area contributed by atoms with E-state index in [4.69, 9.17) is 0 Å². The summed E-state index contributed by atoms with van der Waals surface area (Å²) >= 11 is 5.24. The van der Waals surface area contributed by atoms with Crippen LogP contribution in [0.5, 0.6) is 0 Å². The predicted molar refractivity (Wildman–Crippen MR) is 88.6 cm³/mol. The number of thiophene rings is 1. The van der Waals surface area contributed by atoms with Crippen molar-refractivity contribution in [2.24, 2.45) is 0 Å². The highest BCUT2D eigenvalue weighted by atomic mass is 79.9. The molecule has 20 heavy (non-hydrogen) atoms. The summed E-state index contributed by atoms with van der Waals surface area (Å²) in [6.07, 6.45) is 0.872. The van der Waals surface area contributed by atoms with Crippen LogP contribution in [0.15, 0.2) is 34.8 Å². The van der Waals surface area contributed by atoms with E-state index in [2.05, 4.69) is 40.3 Å². The zero-order chi connectivity index (χ0) is 14.7. The number of hydrogen-bond donors (Lipinski definition) is 1. The van der Waals surface area contributed by atoms with Crippen LogP contribution in [0.3, 0.4) is 0 Å². The van der Waals surface area contributed by atoms with Crippen molar-refractivity contribution in [2.45, 2.75) is 33.2 Å². The molecule has 0 spiro atoms. The van der Waals surface area contributed by atoms with E-state index in [1.165, 1.54) is 9.75 Å². The minimum Gasteiger partial charge on any atom is -0.349 e. The van der Waals surface area contributed by atoms with Crippen LogP contribution in [0.4, 0.5) is 0 Å². The summed E-state index contributed by atoms with van der Waals surface area (Å²) < 4.78 is 0.965. The molecule has 0 saturated carbocycles. The Balaban J connectivity index is 1.98. The van der Waals surface area contributed by atoms with Gasteiger partial charge in [-0.1, -0.05) is 22.0 Å². The lowest BCUT2D eigenvalue weighted by molar-refractivity contribution is 0.0940. The first-order valence-electron chi connectivity index (χ1n) is 6.58. The summed E-state index contributed by atoms with van der Waals surface area (Å²) in [6, 6.07) is 10.0. The topological polar surface area (TPSA) is 29.1 Å². The maximum atomic E-state index is 12.2. The summed E-state index contributed by atoms with van der Waals surface area (Å²) in [6.45, 7) is 6.14. The van der Waals surface area contributed by atoms with Gasteiger partial charge in [-0.15, -0.1) is 11.3 Å². The van der Waals surface area contributed by atoms with E-state index in [1.54, 1.807) is 11.3 Å². The molecule has 1 aromatic carbocycles. The molecule has 1 N–H and O–H groups in total. The van der Waals surface area contributed by atoms with Gasteiger partial charge in [0, 0.05) is 32.3 Å². The summed E-state index contributed by atoms with van der Waals surface area (Å²) in [7, 11) is 0. The monoisotopic (exact) mass is 351 g/mol. The van der Waals surface area contributed by atoms with Gasteiger partial charge >= 0.3 is 0 Å². The Hall–Kier alpha value is -1.13. The Labute approximate surface area is 132 Å². The molecule has 1 atom stereocenters. The molecule has 2 rings (SSSR count). The van der Waals surface area contributed by atoms with Crippen molar-refractivity contribution in [3.63, 3.8) is 0 Å². The smallest absolute Gasteiger partial charge is 0.251 e. The maximum Gasteiger partial charge on any atom is 0.251 e.